The number of fused-ring (bicyclic) bond motifs is 1. The molecule has 1 aliphatic heterocycles. The third kappa shape index (κ3) is 5.43. The van der Waals surface area contributed by atoms with Crippen LogP contribution in [0.1, 0.15) is 43.7 Å². The average Bonchev–Trinajstić information content (AvgIpc) is 3.36. The van der Waals surface area contributed by atoms with Gasteiger partial charge in [0.05, 0.1) is 24.5 Å². The van der Waals surface area contributed by atoms with Crippen molar-refractivity contribution >= 4 is 10.9 Å². The van der Waals surface area contributed by atoms with Gasteiger partial charge in [0.2, 0.25) is 0 Å². The van der Waals surface area contributed by atoms with Gasteiger partial charge in [0.25, 0.3) is 5.56 Å². The highest BCUT2D eigenvalue weighted by Crippen LogP contribution is 2.30. The van der Waals surface area contributed by atoms with Crippen molar-refractivity contribution in [2.75, 3.05) is 26.2 Å². The quantitative estimate of drug-likeness (QED) is 0.418. The van der Waals surface area contributed by atoms with Crippen molar-refractivity contribution in [3.63, 3.8) is 0 Å². The van der Waals surface area contributed by atoms with Gasteiger partial charge < -0.3 is 14.6 Å². The summed E-state index contributed by atoms with van der Waals surface area (Å²) in [5.41, 5.74) is 2.91. The molecule has 0 aliphatic carbocycles. The van der Waals surface area contributed by atoms with E-state index in [9.17, 15) is 4.79 Å². The number of rotatable bonds is 8. The standard InChI is InChI=1S/C27H32N6O2/c1-19(2)17-35-23-5-3-4-22(14-23)21-8-12-32(13-9-21)11-7-20-15-31-33(16-20)26-25-24(6-10-28-26)27(34)30-18-29-25/h3-6,10,14-16,18-19,21H,7-9,11-13,17H2,1-2H3,(H,29,30,34). The van der Waals surface area contributed by atoms with E-state index >= 15 is 0 Å². The lowest BCUT2D eigenvalue weighted by Crippen LogP contribution is -2.34. The van der Waals surface area contributed by atoms with Crippen LogP contribution in [-0.4, -0.2) is 55.9 Å². The van der Waals surface area contributed by atoms with Gasteiger partial charge in [-0.25, -0.2) is 14.6 Å². The van der Waals surface area contributed by atoms with Crippen LogP contribution in [0.15, 0.2) is 60.0 Å². The molecule has 0 bridgehead atoms. The van der Waals surface area contributed by atoms with Gasteiger partial charge in [0, 0.05) is 18.9 Å². The minimum atomic E-state index is -0.177. The molecule has 4 heterocycles. The summed E-state index contributed by atoms with van der Waals surface area (Å²) in [6.07, 6.45) is 10.1. The van der Waals surface area contributed by atoms with Crippen LogP contribution in [0.5, 0.6) is 5.75 Å². The molecule has 1 aliphatic rings. The van der Waals surface area contributed by atoms with Crippen LogP contribution in [0.3, 0.4) is 0 Å². The van der Waals surface area contributed by atoms with Crippen LogP contribution in [0, 0.1) is 5.92 Å². The summed E-state index contributed by atoms with van der Waals surface area (Å²) in [5, 5.41) is 5.00. The Balaban J connectivity index is 1.16. The SMILES string of the molecule is CC(C)COc1cccc(C2CCN(CCc3cnn(-c4nccc5c(=O)[nH]cnc45)c3)CC2)c1. The van der Waals surface area contributed by atoms with E-state index in [-0.39, 0.29) is 5.56 Å². The molecule has 0 spiro atoms. The Morgan fingerprint density at radius 1 is 1.17 bits per heavy atom. The summed E-state index contributed by atoms with van der Waals surface area (Å²) in [4.78, 5) is 25.9. The number of nitrogens with one attached hydrogen (secondary N) is 1. The Hall–Kier alpha value is -3.52. The van der Waals surface area contributed by atoms with Crippen LogP contribution in [0.25, 0.3) is 16.7 Å². The molecule has 1 aromatic carbocycles. The predicted molar refractivity (Wildman–Crippen MR) is 136 cm³/mol. The Labute approximate surface area is 205 Å². The molecule has 1 saturated heterocycles. The molecular weight excluding hydrogens is 440 g/mol. The van der Waals surface area contributed by atoms with Crippen molar-refractivity contribution in [3.8, 4) is 11.6 Å². The number of hydrogen-bond donors (Lipinski definition) is 1. The fraction of sp³-hybridized carbons (Fsp3) is 0.407. The molecule has 0 unspecified atom stereocenters. The normalized spacial score (nSPS) is 15.2. The first kappa shape index (κ1) is 23.2. The fourth-order valence-electron chi connectivity index (χ4n) is 4.66. The molecule has 1 fully saturated rings. The van der Waals surface area contributed by atoms with Gasteiger partial charge in [0.1, 0.15) is 11.3 Å². The van der Waals surface area contributed by atoms with E-state index in [0.29, 0.717) is 28.6 Å². The maximum absolute atomic E-state index is 12.1. The number of benzene rings is 1. The van der Waals surface area contributed by atoms with Crippen LogP contribution in [-0.2, 0) is 6.42 Å². The van der Waals surface area contributed by atoms with E-state index in [1.165, 1.54) is 11.9 Å². The summed E-state index contributed by atoms with van der Waals surface area (Å²) >= 11 is 0. The highest BCUT2D eigenvalue weighted by atomic mass is 16.5. The highest BCUT2D eigenvalue weighted by Gasteiger charge is 2.21. The number of nitrogens with zero attached hydrogens (tertiary/aromatic N) is 5. The fourth-order valence-corrected chi connectivity index (χ4v) is 4.66. The highest BCUT2D eigenvalue weighted by molar-refractivity contribution is 5.83. The van der Waals surface area contributed by atoms with Crippen molar-refractivity contribution in [2.24, 2.45) is 5.92 Å². The molecule has 0 amide bonds. The van der Waals surface area contributed by atoms with Crippen LogP contribution >= 0.6 is 0 Å². The van der Waals surface area contributed by atoms with E-state index in [1.807, 2.05) is 12.4 Å². The van der Waals surface area contributed by atoms with Gasteiger partial charge in [-0.1, -0.05) is 26.0 Å². The zero-order valence-corrected chi connectivity index (χ0v) is 20.4. The Kier molecular flexibility index (Phi) is 6.90. The molecule has 0 saturated carbocycles. The maximum Gasteiger partial charge on any atom is 0.258 e. The zero-order chi connectivity index (χ0) is 24.2. The first-order valence-electron chi connectivity index (χ1n) is 12.4. The van der Waals surface area contributed by atoms with Crippen LogP contribution < -0.4 is 10.3 Å². The van der Waals surface area contributed by atoms with Crippen molar-refractivity contribution < 1.29 is 4.74 Å². The zero-order valence-electron chi connectivity index (χ0n) is 20.4. The molecule has 0 atom stereocenters. The summed E-state index contributed by atoms with van der Waals surface area (Å²) < 4.78 is 7.64. The molecule has 5 rings (SSSR count). The molecule has 0 radical (unpaired) electrons. The second kappa shape index (κ2) is 10.4. The van der Waals surface area contributed by atoms with Gasteiger partial charge >= 0.3 is 0 Å². The van der Waals surface area contributed by atoms with Gasteiger partial charge in [-0.2, -0.15) is 5.10 Å². The average molecular weight is 473 g/mol. The summed E-state index contributed by atoms with van der Waals surface area (Å²) in [6, 6.07) is 10.3. The predicted octanol–water partition coefficient (Wildman–Crippen LogP) is 3.96. The molecule has 35 heavy (non-hydrogen) atoms. The summed E-state index contributed by atoms with van der Waals surface area (Å²) in [6.45, 7) is 8.27. The number of piperidine rings is 1. The number of aromatic amines is 1. The Bertz CT molecular complexity index is 1340. The number of pyridine rings is 1. The van der Waals surface area contributed by atoms with Crippen LogP contribution in [0.2, 0.25) is 0 Å². The maximum atomic E-state index is 12.1. The largest absolute Gasteiger partial charge is 0.493 e. The first-order valence-corrected chi connectivity index (χ1v) is 12.4. The molecule has 182 valence electrons. The molecule has 4 aromatic rings. The van der Waals surface area contributed by atoms with Crippen molar-refractivity contribution in [2.45, 2.75) is 39.0 Å². The molecular formula is C27H32N6O2. The number of hydrogen-bond acceptors (Lipinski definition) is 6. The molecule has 8 nitrogen and oxygen atoms in total. The minimum absolute atomic E-state index is 0.177. The Morgan fingerprint density at radius 2 is 2.03 bits per heavy atom. The van der Waals surface area contributed by atoms with E-state index in [1.54, 1.807) is 16.9 Å². The van der Waals surface area contributed by atoms with Crippen LogP contribution in [0.4, 0.5) is 0 Å². The third-order valence-electron chi connectivity index (χ3n) is 6.61. The number of H-pyrrole nitrogens is 1. The van der Waals surface area contributed by atoms with Gasteiger partial charge in [-0.3, -0.25) is 4.79 Å². The van der Waals surface area contributed by atoms with Gasteiger partial charge in [-0.15, -0.1) is 0 Å². The Morgan fingerprint density at radius 3 is 2.86 bits per heavy atom. The number of aromatic nitrogens is 5. The lowest BCUT2D eigenvalue weighted by molar-refractivity contribution is 0.214. The number of ether oxygens (including phenoxy) is 1. The second-order valence-electron chi connectivity index (χ2n) is 9.70. The van der Waals surface area contributed by atoms with Crippen molar-refractivity contribution in [3.05, 3.63) is 76.7 Å². The van der Waals surface area contributed by atoms with E-state index in [4.69, 9.17) is 4.74 Å². The topological polar surface area (TPSA) is 88.9 Å². The second-order valence-corrected chi connectivity index (χ2v) is 9.70. The molecule has 8 heteroatoms. The smallest absolute Gasteiger partial charge is 0.258 e. The molecule has 3 aromatic heterocycles. The van der Waals surface area contributed by atoms with E-state index in [2.05, 4.69) is 63.1 Å². The number of likely N-dealkylation sites (tertiary alicyclic amines) is 1. The third-order valence-corrected chi connectivity index (χ3v) is 6.61. The van der Waals surface area contributed by atoms with E-state index in [0.717, 1.165) is 56.8 Å². The van der Waals surface area contributed by atoms with Crippen molar-refractivity contribution in [1.82, 2.24) is 29.6 Å². The summed E-state index contributed by atoms with van der Waals surface area (Å²) in [7, 11) is 0. The molecule has 1 N–H and O–H groups in total. The monoisotopic (exact) mass is 472 g/mol. The van der Waals surface area contributed by atoms with E-state index < -0.39 is 0 Å². The minimum Gasteiger partial charge on any atom is -0.493 e. The van der Waals surface area contributed by atoms with Gasteiger partial charge in [-0.05, 0) is 73.5 Å². The van der Waals surface area contributed by atoms with Crippen molar-refractivity contribution in [1.29, 1.82) is 0 Å². The lowest BCUT2D eigenvalue weighted by Gasteiger charge is -2.32. The first-order chi connectivity index (χ1) is 17.1. The van der Waals surface area contributed by atoms with Gasteiger partial charge in [0.15, 0.2) is 5.82 Å². The summed E-state index contributed by atoms with van der Waals surface area (Å²) in [5.74, 6) is 2.67. The lowest BCUT2D eigenvalue weighted by atomic mass is 9.89.